The first kappa shape index (κ1) is 37.1. The van der Waals surface area contributed by atoms with Gasteiger partial charge in [0.25, 0.3) is 11.2 Å². The summed E-state index contributed by atoms with van der Waals surface area (Å²) in [6.07, 6.45) is -27.1. The van der Waals surface area contributed by atoms with Crippen LogP contribution in [0.5, 0.6) is 0 Å². The van der Waals surface area contributed by atoms with Gasteiger partial charge >= 0.3 is 24.7 Å². The standard InChI is InChI=1S/C11H13F7O.C10H11F7O/c1-3-4-8(5-7(2)12)6-9(19,10(13,14)15)11(16,17)18;1-3-7(4-6(2)11)5-8(18,9(12,13)14)10(15,16)17/h3,8,19H,1-2,4-6H2;3,7,18H,1-2,4-5H2. The van der Waals surface area contributed by atoms with Crippen molar-refractivity contribution in [2.45, 2.75) is 68.0 Å². The van der Waals surface area contributed by atoms with E-state index in [0.717, 1.165) is 6.08 Å². The fourth-order valence-corrected chi connectivity index (χ4v) is 2.89. The number of alkyl halides is 12. The monoisotopic (exact) mass is 574 g/mol. The minimum Gasteiger partial charge on any atom is -0.374 e. The van der Waals surface area contributed by atoms with Gasteiger partial charge in [0.05, 0.1) is 11.7 Å². The van der Waals surface area contributed by atoms with Gasteiger partial charge in [0.1, 0.15) is 0 Å². The molecule has 16 heteroatoms. The zero-order valence-corrected chi connectivity index (χ0v) is 18.9. The van der Waals surface area contributed by atoms with Crippen LogP contribution in [0.25, 0.3) is 0 Å². The van der Waals surface area contributed by atoms with E-state index < -0.39 is 85.1 Å². The van der Waals surface area contributed by atoms with E-state index in [2.05, 4.69) is 26.3 Å². The van der Waals surface area contributed by atoms with E-state index in [9.17, 15) is 61.5 Å². The minimum absolute atomic E-state index is 0.308. The zero-order chi connectivity index (χ0) is 30.3. The van der Waals surface area contributed by atoms with E-state index >= 15 is 0 Å². The number of halogens is 14. The Hall–Kier alpha value is -2.10. The van der Waals surface area contributed by atoms with Crippen molar-refractivity contribution in [3.05, 3.63) is 50.1 Å². The van der Waals surface area contributed by atoms with Crippen molar-refractivity contribution in [3.8, 4) is 0 Å². The van der Waals surface area contributed by atoms with Crippen LogP contribution < -0.4 is 0 Å². The second kappa shape index (κ2) is 13.1. The van der Waals surface area contributed by atoms with Gasteiger partial charge in [0.15, 0.2) is 0 Å². The molecule has 0 aliphatic carbocycles. The molecule has 2 N–H and O–H groups in total. The molecule has 0 aromatic rings. The highest BCUT2D eigenvalue weighted by Gasteiger charge is 2.71. The van der Waals surface area contributed by atoms with Crippen molar-refractivity contribution in [1.29, 1.82) is 0 Å². The first-order valence-corrected chi connectivity index (χ1v) is 9.81. The van der Waals surface area contributed by atoms with E-state index in [1.807, 2.05) is 0 Å². The largest absolute Gasteiger partial charge is 0.426 e. The third kappa shape index (κ3) is 10.7. The molecule has 0 amide bonds. The quantitative estimate of drug-likeness (QED) is 0.193. The molecule has 2 unspecified atom stereocenters. The van der Waals surface area contributed by atoms with Gasteiger partial charge in [-0.25, -0.2) is 8.78 Å². The molecule has 2 nitrogen and oxygen atoms in total. The van der Waals surface area contributed by atoms with Gasteiger partial charge in [0.2, 0.25) is 0 Å². The molecule has 0 rings (SSSR count). The Balaban J connectivity index is 0. The van der Waals surface area contributed by atoms with E-state index in [4.69, 9.17) is 10.2 Å². The molecular weight excluding hydrogens is 550 g/mol. The minimum atomic E-state index is -5.91. The zero-order valence-electron chi connectivity index (χ0n) is 18.9. The number of rotatable bonds is 11. The molecular formula is C21H24F14O2. The van der Waals surface area contributed by atoms with Gasteiger partial charge in [-0.2, -0.15) is 52.7 Å². The molecule has 0 aromatic carbocycles. The Labute approximate surface area is 202 Å². The van der Waals surface area contributed by atoms with Crippen molar-refractivity contribution >= 4 is 0 Å². The van der Waals surface area contributed by atoms with Crippen LogP contribution in [0.1, 0.15) is 32.1 Å². The fraction of sp³-hybridized carbons (Fsp3) is 0.619. The lowest BCUT2D eigenvalue weighted by molar-refractivity contribution is -0.372. The molecule has 2 atom stereocenters. The smallest absolute Gasteiger partial charge is 0.374 e. The van der Waals surface area contributed by atoms with Gasteiger partial charge in [-0.1, -0.05) is 25.3 Å². The van der Waals surface area contributed by atoms with Crippen LogP contribution in [-0.2, 0) is 0 Å². The molecule has 0 heterocycles. The van der Waals surface area contributed by atoms with E-state index in [1.54, 1.807) is 0 Å². The normalized spacial score (nSPS) is 15.2. The summed E-state index contributed by atoms with van der Waals surface area (Å²) in [6.45, 7) is 11.7. The third-order valence-corrected chi connectivity index (χ3v) is 4.84. The van der Waals surface area contributed by atoms with Crippen molar-refractivity contribution < 1.29 is 71.7 Å². The summed E-state index contributed by atoms with van der Waals surface area (Å²) in [5.74, 6) is -5.08. The highest BCUT2D eigenvalue weighted by Crippen LogP contribution is 2.48. The summed E-state index contributed by atoms with van der Waals surface area (Å²) in [5.41, 5.74) is -9.77. The maximum atomic E-state index is 12.6. The topological polar surface area (TPSA) is 40.5 Å². The lowest BCUT2D eigenvalue weighted by Gasteiger charge is -2.34. The molecule has 218 valence electrons. The van der Waals surface area contributed by atoms with Gasteiger partial charge in [-0.05, 0) is 24.7 Å². The summed E-state index contributed by atoms with van der Waals surface area (Å²) < 4.78 is 173. The Bertz CT molecular complexity index is 746. The predicted octanol–water partition coefficient (Wildman–Crippen LogP) is 8.21. The Kier molecular flexibility index (Phi) is 13.1. The van der Waals surface area contributed by atoms with Gasteiger partial charge in [-0.3, -0.25) is 0 Å². The summed E-state index contributed by atoms with van der Waals surface area (Å²) in [4.78, 5) is 0. The maximum Gasteiger partial charge on any atom is 0.426 e. The van der Waals surface area contributed by atoms with E-state index in [-0.39, 0.29) is 6.42 Å². The van der Waals surface area contributed by atoms with Gasteiger partial charge in [0, 0.05) is 19.3 Å². The van der Waals surface area contributed by atoms with E-state index in [0.29, 0.717) is 6.08 Å². The molecule has 0 saturated carbocycles. The molecule has 0 radical (unpaired) electrons. The first-order valence-electron chi connectivity index (χ1n) is 9.81. The highest BCUT2D eigenvalue weighted by molar-refractivity contribution is 5.01. The lowest BCUT2D eigenvalue weighted by atomic mass is 9.85. The number of aliphatic hydroxyl groups is 2. The number of allylic oxidation sites excluding steroid dienone is 4. The van der Waals surface area contributed by atoms with Gasteiger partial charge in [-0.15, -0.1) is 13.2 Å². The van der Waals surface area contributed by atoms with Crippen molar-refractivity contribution in [3.63, 3.8) is 0 Å². The second-order valence-corrected chi connectivity index (χ2v) is 7.95. The van der Waals surface area contributed by atoms with Gasteiger partial charge < -0.3 is 10.2 Å². The Morgan fingerprint density at radius 3 is 1.19 bits per heavy atom. The van der Waals surface area contributed by atoms with Crippen LogP contribution in [0.3, 0.4) is 0 Å². The van der Waals surface area contributed by atoms with Crippen molar-refractivity contribution in [2.24, 2.45) is 11.8 Å². The van der Waals surface area contributed by atoms with Crippen LogP contribution in [0, 0.1) is 11.8 Å². The molecule has 37 heavy (non-hydrogen) atoms. The Morgan fingerprint density at radius 2 is 0.946 bits per heavy atom. The van der Waals surface area contributed by atoms with Crippen LogP contribution in [0.4, 0.5) is 61.5 Å². The number of hydrogen-bond acceptors (Lipinski definition) is 2. The molecule has 0 spiro atoms. The summed E-state index contributed by atoms with van der Waals surface area (Å²) in [5, 5.41) is 17.8. The predicted molar refractivity (Wildman–Crippen MR) is 105 cm³/mol. The molecule has 0 saturated heterocycles. The second-order valence-electron chi connectivity index (χ2n) is 7.95. The van der Waals surface area contributed by atoms with Crippen LogP contribution in [0.15, 0.2) is 50.1 Å². The third-order valence-electron chi connectivity index (χ3n) is 4.84. The number of hydrogen-bond donors (Lipinski definition) is 2. The molecule has 0 bridgehead atoms. The van der Waals surface area contributed by atoms with Crippen LogP contribution >= 0.6 is 0 Å². The molecule has 0 aliphatic heterocycles. The molecule has 0 aliphatic rings. The summed E-state index contributed by atoms with van der Waals surface area (Å²) in [6, 6.07) is 0. The van der Waals surface area contributed by atoms with Crippen molar-refractivity contribution in [1.82, 2.24) is 0 Å². The Morgan fingerprint density at radius 1 is 0.622 bits per heavy atom. The lowest BCUT2D eigenvalue weighted by Crippen LogP contribution is -2.57. The summed E-state index contributed by atoms with van der Waals surface area (Å²) >= 11 is 0. The SMILES string of the molecule is C=CC(CC(=C)F)CC(O)(C(F)(F)F)C(F)(F)F.C=CCC(CC(=C)F)CC(O)(C(F)(F)F)C(F)(F)F. The molecule has 0 aromatic heterocycles. The van der Waals surface area contributed by atoms with Crippen LogP contribution in [-0.4, -0.2) is 46.1 Å². The highest BCUT2D eigenvalue weighted by atomic mass is 19.4. The van der Waals surface area contributed by atoms with E-state index in [1.165, 1.54) is 0 Å². The summed E-state index contributed by atoms with van der Waals surface area (Å²) in [7, 11) is 0. The maximum absolute atomic E-state index is 12.6. The molecule has 0 fully saturated rings. The average Bonchev–Trinajstić information content (AvgIpc) is 2.63. The first-order chi connectivity index (χ1) is 16.2. The fourth-order valence-electron chi connectivity index (χ4n) is 2.89. The average molecular weight is 574 g/mol. The van der Waals surface area contributed by atoms with Crippen molar-refractivity contribution in [2.75, 3.05) is 0 Å². The van der Waals surface area contributed by atoms with Crippen LogP contribution in [0.2, 0.25) is 0 Å².